The van der Waals surface area contributed by atoms with E-state index in [-0.39, 0.29) is 11.9 Å². The second-order valence-corrected chi connectivity index (χ2v) is 8.79. The Morgan fingerprint density at radius 3 is 2.70 bits per heavy atom. The van der Waals surface area contributed by atoms with Gasteiger partial charge in [0, 0.05) is 41.9 Å². The molecule has 0 spiro atoms. The highest BCUT2D eigenvalue weighted by atomic mass is 16.5. The maximum Gasteiger partial charge on any atom is 0.254 e. The van der Waals surface area contributed by atoms with Gasteiger partial charge in [-0.25, -0.2) is 0 Å². The molecule has 2 saturated heterocycles. The van der Waals surface area contributed by atoms with Crippen LogP contribution in [0.15, 0.2) is 60.7 Å². The Hall–Kier alpha value is -3.01. The number of amides is 1. The molecule has 4 heteroatoms. The fourth-order valence-corrected chi connectivity index (χ4v) is 6.03. The quantitative estimate of drug-likeness (QED) is 0.607. The molecule has 3 atom stereocenters. The summed E-state index contributed by atoms with van der Waals surface area (Å²) in [5.41, 5.74) is 3.33. The monoisotopic (exact) mass is 398 g/mol. The fraction of sp³-hybridized carbons (Fsp3) is 0.346. The summed E-state index contributed by atoms with van der Waals surface area (Å²) < 4.78 is 5.55. The van der Waals surface area contributed by atoms with Crippen molar-refractivity contribution in [3.05, 3.63) is 71.8 Å². The van der Waals surface area contributed by atoms with Gasteiger partial charge in [0.15, 0.2) is 0 Å². The second-order valence-electron chi connectivity index (χ2n) is 8.79. The number of ether oxygens (including phenoxy) is 1. The summed E-state index contributed by atoms with van der Waals surface area (Å²) in [5.74, 6) is 1.51. The molecule has 0 aliphatic carbocycles. The Balaban J connectivity index is 1.43. The van der Waals surface area contributed by atoms with E-state index in [1.54, 1.807) is 7.11 Å². The van der Waals surface area contributed by atoms with Gasteiger partial charge in [0.2, 0.25) is 0 Å². The molecule has 4 nitrogen and oxygen atoms in total. The Morgan fingerprint density at radius 1 is 0.967 bits per heavy atom. The molecule has 1 amide bonds. The minimum Gasteiger partial charge on any atom is -0.497 e. The van der Waals surface area contributed by atoms with Crippen LogP contribution < -0.4 is 9.64 Å². The Morgan fingerprint density at radius 2 is 1.83 bits per heavy atom. The van der Waals surface area contributed by atoms with E-state index in [1.807, 2.05) is 24.3 Å². The predicted octanol–water partition coefficient (Wildman–Crippen LogP) is 5.03. The molecule has 6 rings (SSSR count). The number of hydrogen-bond donors (Lipinski definition) is 0. The topological polar surface area (TPSA) is 32.8 Å². The largest absolute Gasteiger partial charge is 0.497 e. The third-order valence-corrected chi connectivity index (χ3v) is 7.36. The number of fused-ring (bicyclic) bond motifs is 7. The molecule has 0 aromatic heterocycles. The zero-order valence-electron chi connectivity index (χ0n) is 17.3. The minimum atomic E-state index is 0.133. The van der Waals surface area contributed by atoms with E-state index in [0.717, 1.165) is 36.2 Å². The van der Waals surface area contributed by atoms with Crippen LogP contribution in [0.25, 0.3) is 10.8 Å². The van der Waals surface area contributed by atoms with E-state index in [9.17, 15) is 4.79 Å². The standard InChI is InChI=1S/C26H26N2O2/c1-30-20-10-11-24-22(16-20)25-21(23-7-4-13-27(23)24)12-14-28(25)26(29)19-9-8-17-5-2-3-6-18(17)15-19/h2-3,5-6,8-11,15-16,21,23,25H,4,7,12-14H2,1H3/t21-,23-,25-/m1/s1. The predicted molar refractivity (Wildman–Crippen MR) is 119 cm³/mol. The average Bonchev–Trinajstić information content (AvgIpc) is 3.45. The van der Waals surface area contributed by atoms with Gasteiger partial charge >= 0.3 is 0 Å². The summed E-state index contributed by atoms with van der Waals surface area (Å²) in [7, 11) is 1.72. The van der Waals surface area contributed by atoms with Gasteiger partial charge in [-0.2, -0.15) is 0 Å². The van der Waals surface area contributed by atoms with Crippen LogP contribution in [0.1, 0.15) is 41.2 Å². The van der Waals surface area contributed by atoms with E-state index in [1.165, 1.54) is 29.5 Å². The highest BCUT2D eigenvalue weighted by molar-refractivity contribution is 5.99. The normalized spacial score (nSPS) is 24.5. The van der Waals surface area contributed by atoms with Gasteiger partial charge in [-0.15, -0.1) is 0 Å². The number of methoxy groups -OCH3 is 1. The van der Waals surface area contributed by atoms with Gasteiger partial charge in [-0.1, -0.05) is 30.3 Å². The van der Waals surface area contributed by atoms with Crippen LogP contribution in [0.4, 0.5) is 5.69 Å². The zero-order chi connectivity index (χ0) is 20.2. The van der Waals surface area contributed by atoms with Crippen molar-refractivity contribution in [2.24, 2.45) is 5.92 Å². The van der Waals surface area contributed by atoms with Gasteiger partial charge in [-0.3, -0.25) is 4.79 Å². The van der Waals surface area contributed by atoms with E-state index < -0.39 is 0 Å². The first-order valence-corrected chi connectivity index (χ1v) is 11.0. The highest BCUT2D eigenvalue weighted by Crippen LogP contribution is 2.52. The molecule has 0 radical (unpaired) electrons. The maximum atomic E-state index is 13.7. The summed E-state index contributed by atoms with van der Waals surface area (Å²) >= 11 is 0. The molecule has 3 aliphatic heterocycles. The number of hydrogen-bond acceptors (Lipinski definition) is 3. The molecular weight excluding hydrogens is 372 g/mol. The lowest BCUT2D eigenvalue weighted by atomic mass is 9.81. The lowest BCUT2D eigenvalue weighted by molar-refractivity contribution is 0.0707. The smallest absolute Gasteiger partial charge is 0.254 e. The molecule has 3 aromatic carbocycles. The van der Waals surface area contributed by atoms with Crippen LogP contribution in [0, 0.1) is 5.92 Å². The van der Waals surface area contributed by atoms with Crippen molar-refractivity contribution < 1.29 is 9.53 Å². The van der Waals surface area contributed by atoms with E-state index >= 15 is 0 Å². The summed E-state index contributed by atoms with van der Waals surface area (Å²) in [6.07, 6.45) is 3.53. The summed E-state index contributed by atoms with van der Waals surface area (Å²) in [5, 5.41) is 2.29. The SMILES string of the molecule is COc1ccc2c(c1)[C@H]1[C@H](CCN1C(=O)c1ccc3ccccc3c1)[C@H]1CCCN21. The van der Waals surface area contributed by atoms with Gasteiger partial charge in [0.25, 0.3) is 5.91 Å². The van der Waals surface area contributed by atoms with Crippen LogP contribution in [0.3, 0.4) is 0 Å². The van der Waals surface area contributed by atoms with Crippen LogP contribution in [-0.4, -0.2) is 37.0 Å². The average molecular weight is 399 g/mol. The van der Waals surface area contributed by atoms with Gasteiger partial charge < -0.3 is 14.5 Å². The van der Waals surface area contributed by atoms with Crippen molar-refractivity contribution in [1.82, 2.24) is 4.90 Å². The minimum absolute atomic E-state index is 0.133. The van der Waals surface area contributed by atoms with Crippen molar-refractivity contribution in [2.45, 2.75) is 31.3 Å². The Kier molecular flexibility index (Phi) is 4.02. The van der Waals surface area contributed by atoms with E-state index in [4.69, 9.17) is 4.74 Å². The number of likely N-dealkylation sites (tertiary alicyclic amines) is 1. The van der Waals surface area contributed by atoms with E-state index in [0.29, 0.717) is 12.0 Å². The molecule has 3 aliphatic rings. The molecule has 0 N–H and O–H groups in total. The molecule has 30 heavy (non-hydrogen) atoms. The number of carbonyl (C=O) groups excluding carboxylic acids is 1. The number of anilines is 1. The number of carbonyl (C=O) groups is 1. The number of rotatable bonds is 2. The first-order chi connectivity index (χ1) is 14.7. The van der Waals surface area contributed by atoms with Crippen molar-refractivity contribution in [3.63, 3.8) is 0 Å². The van der Waals surface area contributed by atoms with Gasteiger partial charge in [0.05, 0.1) is 13.2 Å². The van der Waals surface area contributed by atoms with Crippen LogP contribution >= 0.6 is 0 Å². The van der Waals surface area contributed by atoms with Crippen molar-refractivity contribution in [1.29, 1.82) is 0 Å². The second kappa shape index (κ2) is 6.76. The zero-order valence-corrected chi connectivity index (χ0v) is 17.3. The molecular formula is C26H26N2O2. The van der Waals surface area contributed by atoms with Crippen molar-refractivity contribution in [3.8, 4) is 5.75 Å². The Labute approximate surface area is 177 Å². The van der Waals surface area contributed by atoms with Gasteiger partial charge in [-0.05, 0) is 60.4 Å². The van der Waals surface area contributed by atoms with Crippen LogP contribution in [0.5, 0.6) is 5.75 Å². The lowest BCUT2D eigenvalue weighted by Gasteiger charge is -2.43. The summed E-state index contributed by atoms with van der Waals surface area (Å²) in [4.78, 5) is 18.4. The number of benzene rings is 3. The molecule has 3 aromatic rings. The first kappa shape index (κ1) is 17.8. The summed E-state index contributed by atoms with van der Waals surface area (Å²) in [6.45, 7) is 1.94. The van der Waals surface area contributed by atoms with E-state index in [2.05, 4.69) is 46.2 Å². The van der Waals surface area contributed by atoms with Crippen LogP contribution in [0.2, 0.25) is 0 Å². The molecule has 0 saturated carbocycles. The van der Waals surface area contributed by atoms with Gasteiger partial charge in [0.1, 0.15) is 5.75 Å². The van der Waals surface area contributed by atoms with Crippen molar-refractivity contribution >= 4 is 22.4 Å². The molecule has 3 heterocycles. The molecule has 2 fully saturated rings. The number of nitrogens with zero attached hydrogens (tertiary/aromatic N) is 2. The van der Waals surface area contributed by atoms with Crippen molar-refractivity contribution in [2.75, 3.05) is 25.1 Å². The maximum absolute atomic E-state index is 13.7. The molecule has 0 unspecified atom stereocenters. The third-order valence-electron chi connectivity index (χ3n) is 7.36. The first-order valence-electron chi connectivity index (χ1n) is 11.0. The highest BCUT2D eigenvalue weighted by Gasteiger charge is 2.49. The Bertz CT molecular complexity index is 1140. The van der Waals surface area contributed by atoms with Crippen LogP contribution in [-0.2, 0) is 0 Å². The third kappa shape index (κ3) is 2.56. The fourth-order valence-electron chi connectivity index (χ4n) is 6.03. The molecule has 152 valence electrons. The lowest BCUT2D eigenvalue weighted by Crippen LogP contribution is -2.45. The molecule has 0 bridgehead atoms. The summed E-state index contributed by atoms with van der Waals surface area (Å²) in [6, 6.07) is 21.4.